The third-order valence-electron chi connectivity index (χ3n) is 4.87. The summed E-state index contributed by atoms with van der Waals surface area (Å²) in [5.41, 5.74) is 0. The van der Waals surface area contributed by atoms with Gasteiger partial charge in [0.25, 0.3) is 0 Å². The zero-order valence-electron chi connectivity index (χ0n) is 12.2. The number of nitrogens with zero attached hydrogens (tertiary/aromatic N) is 1. The number of amides is 1. The molecule has 2 rings (SSSR count). The summed E-state index contributed by atoms with van der Waals surface area (Å²) in [5.74, 6) is -0.872. The molecule has 2 saturated carbocycles. The number of alkyl halides is 4. The fourth-order valence-electron chi connectivity index (χ4n) is 3.30. The lowest BCUT2D eigenvalue weighted by Gasteiger charge is -2.40. The normalized spacial score (nSPS) is 27.2. The third kappa shape index (κ3) is 4.27. The van der Waals surface area contributed by atoms with E-state index in [-0.39, 0.29) is 24.7 Å². The van der Waals surface area contributed by atoms with Crippen LogP contribution in [0.5, 0.6) is 0 Å². The molecule has 2 aliphatic carbocycles. The summed E-state index contributed by atoms with van der Waals surface area (Å²) in [7, 11) is 0. The second-order valence-corrected chi connectivity index (χ2v) is 6.63. The number of carbonyl (C=O) groups excluding carboxylic acids is 1. The molecule has 0 aromatic heterocycles. The van der Waals surface area contributed by atoms with Crippen LogP contribution in [0.25, 0.3) is 0 Å². The molecule has 0 saturated heterocycles. The van der Waals surface area contributed by atoms with E-state index in [4.69, 9.17) is 11.6 Å². The number of carbonyl (C=O) groups is 1. The van der Waals surface area contributed by atoms with E-state index in [9.17, 15) is 18.0 Å². The van der Waals surface area contributed by atoms with Crippen LogP contribution in [0.15, 0.2) is 0 Å². The van der Waals surface area contributed by atoms with E-state index in [1.165, 1.54) is 0 Å². The molecular formula is C15H23ClF3NO. The lowest BCUT2D eigenvalue weighted by atomic mass is 9.80. The highest BCUT2D eigenvalue weighted by atomic mass is 35.5. The van der Waals surface area contributed by atoms with Crippen LogP contribution in [0.3, 0.4) is 0 Å². The zero-order valence-corrected chi connectivity index (χ0v) is 12.9. The number of hydrogen-bond acceptors (Lipinski definition) is 1. The Morgan fingerprint density at radius 2 is 1.71 bits per heavy atom. The highest BCUT2D eigenvalue weighted by Gasteiger charge is 2.43. The molecule has 0 aromatic rings. The van der Waals surface area contributed by atoms with Gasteiger partial charge in [0.05, 0.1) is 5.92 Å². The van der Waals surface area contributed by atoms with Gasteiger partial charge in [0.2, 0.25) is 5.91 Å². The molecule has 0 radical (unpaired) electrons. The molecular weight excluding hydrogens is 303 g/mol. The van der Waals surface area contributed by atoms with Gasteiger partial charge >= 0.3 is 6.18 Å². The van der Waals surface area contributed by atoms with Crippen LogP contribution in [0.4, 0.5) is 13.2 Å². The van der Waals surface area contributed by atoms with E-state index >= 15 is 0 Å². The molecule has 0 unspecified atom stereocenters. The summed E-state index contributed by atoms with van der Waals surface area (Å²) in [4.78, 5) is 14.5. The first-order valence-corrected chi connectivity index (χ1v) is 8.40. The predicted molar refractivity (Wildman–Crippen MR) is 76.2 cm³/mol. The van der Waals surface area contributed by atoms with Gasteiger partial charge in [-0.3, -0.25) is 4.79 Å². The van der Waals surface area contributed by atoms with Gasteiger partial charge in [-0.15, -0.1) is 11.6 Å². The smallest absolute Gasteiger partial charge is 0.339 e. The lowest BCUT2D eigenvalue weighted by Crippen LogP contribution is -2.48. The van der Waals surface area contributed by atoms with E-state index in [2.05, 4.69) is 0 Å². The number of rotatable bonds is 5. The van der Waals surface area contributed by atoms with E-state index in [0.29, 0.717) is 31.3 Å². The SMILES string of the molecule is O=C(C1CCC(C(F)(F)F)CC1)N(CCCCl)C1CCC1. The third-order valence-corrected chi connectivity index (χ3v) is 5.14. The van der Waals surface area contributed by atoms with Crippen molar-refractivity contribution >= 4 is 17.5 Å². The van der Waals surface area contributed by atoms with Crippen molar-refractivity contribution in [3.63, 3.8) is 0 Å². The van der Waals surface area contributed by atoms with Crippen molar-refractivity contribution in [1.29, 1.82) is 0 Å². The van der Waals surface area contributed by atoms with Crippen LogP contribution in [0.1, 0.15) is 51.4 Å². The Hall–Kier alpha value is -0.450. The number of hydrogen-bond donors (Lipinski definition) is 0. The molecule has 0 heterocycles. The first kappa shape index (κ1) is 16.9. The van der Waals surface area contributed by atoms with E-state index in [0.717, 1.165) is 25.7 Å². The van der Waals surface area contributed by atoms with Gasteiger partial charge in [-0.05, 0) is 51.4 Å². The highest BCUT2D eigenvalue weighted by Crippen LogP contribution is 2.40. The molecule has 2 fully saturated rings. The average molecular weight is 326 g/mol. The van der Waals surface area contributed by atoms with E-state index in [1.807, 2.05) is 4.90 Å². The first-order valence-electron chi connectivity index (χ1n) is 7.86. The second kappa shape index (κ2) is 7.21. The Bertz CT molecular complexity index is 349. The fraction of sp³-hybridized carbons (Fsp3) is 0.933. The van der Waals surface area contributed by atoms with Crippen molar-refractivity contribution in [3.8, 4) is 0 Å². The molecule has 0 aromatic carbocycles. The summed E-state index contributed by atoms with van der Waals surface area (Å²) in [6, 6.07) is 0.293. The lowest BCUT2D eigenvalue weighted by molar-refractivity contribution is -0.185. The van der Waals surface area contributed by atoms with Crippen LogP contribution >= 0.6 is 11.6 Å². The van der Waals surface area contributed by atoms with Gasteiger partial charge < -0.3 is 4.90 Å². The van der Waals surface area contributed by atoms with Crippen LogP contribution in [-0.4, -0.2) is 35.4 Å². The summed E-state index contributed by atoms with van der Waals surface area (Å²) >= 11 is 5.71. The predicted octanol–water partition coefficient (Wildman–Crippen LogP) is 4.37. The second-order valence-electron chi connectivity index (χ2n) is 6.25. The maximum absolute atomic E-state index is 12.7. The van der Waals surface area contributed by atoms with Crippen LogP contribution in [0.2, 0.25) is 0 Å². The van der Waals surface area contributed by atoms with Crippen molar-refractivity contribution in [2.45, 2.75) is 63.6 Å². The molecule has 2 aliphatic rings. The first-order chi connectivity index (χ1) is 9.93. The molecule has 1 amide bonds. The molecule has 0 N–H and O–H groups in total. The zero-order chi connectivity index (χ0) is 15.5. The van der Waals surface area contributed by atoms with Crippen LogP contribution in [-0.2, 0) is 4.79 Å². The Morgan fingerprint density at radius 3 is 2.14 bits per heavy atom. The topological polar surface area (TPSA) is 20.3 Å². The molecule has 6 heteroatoms. The van der Waals surface area contributed by atoms with Gasteiger partial charge in [-0.1, -0.05) is 0 Å². The monoisotopic (exact) mass is 325 g/mol. The molecule has 0 spiro atoms. The van der Waals surface area contributed by atoms with Gasteiger partial charge in [-0.2, -0.15) is 13.2 Å². The quantitative estimate of drug-likeness (QED) is 0.687. The van der Waals surface area contributed by atoms with E-state index < -0.39 is 12.1 Å². The Kier molecular flexibility index (Phi) is 5.81. The summed E-state index contributed by atoms with van der Waals surface area (Å²) < 4.78 is 38.0. The van der Waals surface area contributed by atoms with Gasteiger partial charge in [0.15, 0.2) is 0 Å². The Morgan fingerprint density at radius 1 is 1.10 bits per heavy atom. The van der Waals surface area contributed by atoms with Crippen LogP contribution < -0.4 is 0 Å². The Balaban J connectivity index is 1.89. The minimum Gasteiger partial charge on any atom is -0.339 e. The molecule has 21 heavy (non-hydrogen) atoms. The average Bonchev–Trinajstić information content (AvgIpc) is 2.39. The van der Waals surface area contributed by atoms with Gasteiger partial charge in [-0.25, -0.2) is 0 Å². The highest BCUT2D eigenvalue weighted by molar-refractivity contribution is 6.17. The van der Waals surface area contributed by atoms with Crippen molar-refractivity contribution < 1.29 is 18.0 Å². The largest absolute Gasteiger partial charge is 0.391 e. The molecule has 0 atom stereocenters. The molecule has 2 nitrogen and oxygen atoms in total. The standard InChI is InChI=1S/C15H23ClF3NO/c16-9-2-10-20(13-3-1-4-13)14(21)11-5-7-12(8-6-11)15(17,18)19/h11-13H,1-10H2. The summed E-state index contributed by atoms with van der Waals surface area (Å²) in [5, 5.41) is 0. The van der Waals surface area contributed by atoms with Crippen molar-refractivity contribution in [3.05, 3.63) is 0 Å². The van der Waals surface area contributed by atoms with Crippen molar-refractivity contribution in [1.82, 2.24) is 4.90 Å². The molecule has 0 bridgehead atoms. The van der Waals surface area contributed by atoms with Crippen LogP contribution in [0, 0.1) is 11.8 Å². The fourth-order valence-corrected chi connectivity index (χ4v) is 3.42. The Labute approximate surface area is 129 Å². The maximum Gasteiger partial charge on any atom is 0.391 e. The van der Waals surface area contributed by atoms with Crippen molar-refractivity contribution in [2.75, 3.05) is 12.4 Å². The van der Waals surface area contributed by atoms with Gasteiger partial charge in [0, 0.05) is 24.4 Å². The summed E-state index contributed by atoms with van der Waals surface area (Å²) in [6.07, 6.45) is 0.734. The summed E-state index contributed by atoms with van der Waals surface area (Å²) in [6.45, 7) is 0.645. The minimum atomic E-state index is -4.11. The molecule has 122 valence electrons. The molecule has 0 aliphatic heterocycles. The number of halogens is 4. The van der Waals surface area contributed by atoms with E-state index in [1.54, 1.807) is 0 Å². The minimum absolute atomic E-state index is 0.0606. The maximum atomic E-state index is 12.7. The van der Waals surface area contributed by atoms with Gasteiger partial charge in [0.1, 0.15) is 0 Å². The van der Waals surface area contributed by atoms with Crippen molar-refractivity contribution in [2.24, 2.45) is 11.8 Å².